The number of aliphatic imine (C=N–C) groups is 1. The van der Waals surface area contributed by atoms with Crippen LogP contribution in [-0.4, -0.2) is 46.5 Å². The molecule has 1 aliphatic rings. The van der Waals surface area contributed by atoms with Crippen molar-refractivity contribution in [3.63, 3.8) is 0 Å². The fraction of sp³-hybridized carbons (Fsp3) is 0.400. The molecule has 1 atom stereocenters. The van der Waals surface area contributed by atoms with Crippen molar-refractivity contribution in [3.05, 3.63) is 35.8 Å². The second-order valence-corrected chi connectivity index (χ2v) is 6.73. The maximum absolute atomic E-state index is 9.27. The highest BCUT2D eigenvalue weighted by Gasteiger charge is 2.18. The van der Waals surface area contributed by atoms with Crippen LogP contribution >= 0.6 is 0 Å². The predicted molar refractivity (Wildman–Crippen MR) is 107 cm³/mol. The third-order valence-corrected chi connectivity index (χ3v) is 5.00. The van der Waals surface area contributed by atoms with Crippen molar-refractivity contribution in [1.29, 1.82) is 10.5 Å². The molecular weight excluding hydrogens is 354 g/mol. The molecule has 0 amide bonds. The van der Waals surface area contributed by atoms with Gasteiger partial charge in [0.1, 0.15) is 22.9 Å². The van der Waals surface area contributed by atoms with Crippen molar-refractivity contribution in [2.24, 2.45) is 10.7 Å². The number of aromatic nitrogens is 2. The summed E-state index contributed by atoms with van der Waals surface area (Å²) in [6.45, 7) is 3.45. The van der Waals surface area contributed by atoms with Crippen LogP contribution in [0.25, 0.3) is 11.1 Å². The Morgan fingerprint density at radius 2 is 2.21 bits per heavy atom. The summed E-state index contributed by atoms with van der Waals surface area (Å²) in [6.07, 6.45) is 9.82. The summed E-state index contributed by atoms with van der Waals surface area (Å²) in [5, 5.41) is 22.6. The monoisotopic (exact) mass is 377 g/mol. The standard InChI is InChI=1S/C20H23N7O/c1-14(25-17-4-3-6-26(13-23)7-5-17)18(10-22)15-8-19(28-2)20-16(9-21)11-24-27(20)12-15/h8,10-12,17H,3-7,22H2,1-2H3/b18-10+,25-14?. The Kier molecular flexibility index (Phi) is 5.81. The number of likely N-dealkylation sites (tertiary alicyclic amines) is 1. The van der Waals surface area contributed by atoms with E-state index in [1.54, 1.807) is 16.5 Å². The Labute approximate surface area is 164 Å². The minimum Gasteiger partial charge on any atom is -0.494 e. The first-order valence-corrected chi connectivity index (χ1v) is 9.18. The van der Waals surface area contributed by atoms with Gasteiger partial charge in [-0.2, -0.15) is 15.6 Å². The molecule has 0 bridgehead atoms. The maximum atomic E-state index is 9.27. The lowest BCUT2D eigenvalue weighted by Gasteiger charge is -2.14. The largest absolute Gasteiger partial charge is 0.494 e. The van der Waals surface area contributed by atoms with Gasteiger partial charge in [-0.15, -0.1) is 0 Å². The second kappa shape index (κ2) is 8.45. The highest BCUT2D eigenvalue weighted by atomic mass is 16.5. The normalized spacial score (nSPS) is 18.4. The number of nitrogens with zero attached hydrogens (tertiary/aromatic N) is 6. The number of hydrogen-bond donors (Lipinski definition) is 1. The molecule has 1 saturated heterocycles. The van der Waals surface area contributed by atoms with Crippen molar-refractivity contribution in [2.45, 2.75) is 32.2 Å². The van der Waals surface area contributed by atoms with Crippen LogP contribution in [0.15, 0.2) is 29.7 Å². The fourth-order valence-electron chi connectivity index (χ4n) is 3.55. The quantitative estimate of drug-likeness (QED) is 0.646. The average Bonchev–Trinajstić information content (AvgIpc) is 2.99. The molecule has 28 heavy (non-hydrogen) atoms. The Bertz CT molecular complexity index is 1010. The van der Waals surface area contributed by atoms with E-state index in [1.807, 2.05) is 19.2 Å². The third-order valence-electron chi connectivity index (χ3n) is 5.00. The SMILES string of the molecule is COc1cc(/C(=C/N)C(C)=NC2CCCN(C#N)CC2)cn2ncc(C#N)c12. The molecule has 8 nitrogen and oxygen atoms in total. The highest BCUT2D eigenvalue weighted by molar-refractivity contribution is 6.22. The molecule has 2 N–H and O–H groups in total. The van der Waals surface area contributed by atoms with Gasteiger partial charge in [0.25, 0.3) is 0 Å². The van der Waals surface area contributed by atoms with E-state index in [4.69, 9.17) is 20.7 Å². The Hall–Kier alpha value is -3.52. The molecule has 0 saturated carbocycles. The molecule has 1 unspecified atom stereocenters. The Morgan fingerprint density at radius 1 is 1.39 bits per heavy atom. The van der Waals surface area contributed by atoms with E-state index < -0.39 is 0 Å². The van der Waals surface area contributed by atoms with Crippen LogP contribution in [0.3, 0.4) is 0 Å². The molecule has 2 aromatic rings. The van der Waals surface area contributed by atoms with Crippen LogP contribution in [0.5, 0.6) is 5.75 Å². The zero-order valence-electron chi connectivity index (χ0n) is 16.1. The van der Waals surface area contributed by atoms with E-state index in [9.17, 15) is 5.26 Å². The van der Waals surface area contributed by atoms with Crippen LogP contribution < -0.4 is 10.5 Å². The minimum atomic E-state index is 0.161. The number of fused-ring (bicyclic) bond motifs is 1. The number of allylic oxidation sites excluding steroid dienone is 1. The molecule has 0 aliphatic carbocycles. The zero-order valence-corrected chi connectivity index (χ0v) is 16.1. The summed E-state index contributed by atoms with van der Waals surface area (Å²) in [7, 11) is 1.56. The van der Waals surface area contributed by atoms with Crippen molar-refractivity contribution in [3.8, 4) is 18.0 Å². The number of pyridine rings is 1. The molecule has 144 valence electrons. The number of methoxy groups -OCH3 is 1. The average molecular weight is 377 g/mol. The van der Waals surface area contributed by atoms with Gasteiger partial charge < -0.3 is 15.4 Å². The Balaban J connectivity index is 1.93. The van der Waals surface area contributed by atoms with Gasteiger partial charge in [-0.3, -0.25) is 4.99 Å². The van der Waals surface area contributed by atoms with Crippen LogP contribution in [0.2, 0.25) is 0 Å². The molecule has 8 heteroatoms. The lowest BCUT2D eigenvalue weighted by molar-refractivity contribution is 0.405. The minimum absolute atomic E-state index is 0.161. The van der Waals surface area contributed by atoms with Crippen molar-refractivity contribution >= 4 is 16.8 Å². The van der Waals surface area contributed by atoms with Crippen LogP contribution in [-0.2, 0) is 0 Å². The molecule has 0 spiro atoms. The lowest BCUT2D eigenvalue weighted by Crippen LogP contribution is -2.19. The van der Waals surface area contributed by atoms with Gasteiger partial charge >= 0.3 is 0 Å². The van der Waals surface area contributed by atoms with Gasteiger partial charge in [0.15, 0.2) is 6.19 Å². The number of hydrogen-bond acceptors (Lipinski definition) is 7. The smallest absolute Gasteiger partial charge is 0.179 e. The van der Waals surface area contributed by atoms with Gasteiger partial charge in [-0.1, -0.05) is 0 Å². The number of nitrogens with two attached hydrogens (primary N) is 1. The number of nitriles is 2. The second-order valence-electron chi connectivity index (χ2n) is 6.73. The molecular formula is C20H23N7O. The highest BCUT2D eigenvalue weighted by Crippen LogP contribution is 2.28. The molecule has 3 rings (SSSR count). The van der Waals surface area contributed by atoms with E-state index in [0.717, 1.165) is 49.2 Å². The molecule has 1 aliphatic heterocycles. The molecule has 2 aromatic heterocycles. The van der Waals surface area contributed by atoms with Crippen molar-refractivity contribution < 1.29 is 4.74 Å². The molecule has 0 radical (unpaired) electrons. The van der Waals surface area contributed by atoms with E-state index in [-0.39, 0.29) is 6.04 Å². The lowest BCUT2D eigenvalue weighted by atomic mass is 10.0. The van der Waals surface area contributed by atoms with Crippen LogP contribution in [0.1, 0.15) is 37.3 Å². The summed E-state index contributed by atoms with van der Waals surface area (Å²) in [5.74, 6) is 0.554. The first-order valence-electron chi connectivity index (χ1n) is 9.18. The zero-order chi connectivity index (χ0) is 20.1. The maximum Gasteiger partial charge on any atom is 0.179 e. The number of rotatable bonds is 4. The van der Waals surface area contributed by atoms with E-state index in [2.05, 4.69) is 17.4 Å². The van der Waals surface area contributed by atoms with Crippen LogP contribution in [0.4, 0.5) is 0 Å². The first-order chi connectivity index (χ1) is 13.6. The summed E-state index contributed by atoms with van der Waals surface area (Å²) in [6, 6.07) is 4.13. The van der Waals surface area contributed by atoms with Gasteiger partial charge in [-0.05, 0) is 32.3 Å². The summed E-state index contributed by atoms with van der Waals surface area (Å²) >= 11 is 0. The fourth-order valence-corrected chi connectivity index (χ4v) is 3.55. The molecule has 0 aromatic carbocycles. The van der Waals surface area contributed by atoms with E-state index in [0.29, 0.717) is 16.8 Å². The molecule has 1 fully saturated rings. The molecule has 3 heterocycles. The van der Waals surface area contributed by atoms with Crippen molar-refractivity contribution in [2.75, 3.05) is 20.2 Å². The summed E-state index contributed by atoms with van der Waals surface area (Å²) < 4.78 is 7.10. The number of ether oxygens (including phenoxy) is 1. The topological polar surface area (TPSA) is 116 Å². The van der Waals surface area contributed by atoms with Crippen LogP contribution in [0, 0.1) is 22.8 Å². The Morgan fingerprint density at radius 3 is 2.89 bits per heavy atom. The van der Waals surface area contributed by atoms with Gasteiger partial charge in [0, 0.05) is 42.3 Å². The summed E-state index contributed by atoms with van der Waals surface area (Å²) in [5.41, 5.74) is 9.44. The summed E-state index contributed by atoms with van der Waals surface area (Å²) in [4.78, 5) is 6.66. The first kappa shape index (κ1) is 19.2. The van der Waals surface area contributed by atoms with Gasteiger partial charge in [0.05, 0.1) is 19.3 Å². The predicted octanol–water partition coefficient (Wildman–Crippen LogP) is 2.31. The third kappa shape index (κ3) is 3.77. The van der Waals surface area contributed by atoms with Crippen molar-refractivity contribution in [1.82, 2.24) is 14.5 Å². The van der Waals surface area contributed by atoms with E-state index in [1.165, 1.54) is 12.4 Å². The van der Waals surface area contributed by atoms with Gasteiger partial charge in [0.2, 0.25) is 0 Å². The van der Waals surface area contributed by atoms with Gasteiger partial charge in [-0.25, -0.2) is 4.52 Å². The van der Waals surface area contributed by atoms with E-state index >= 15 is 0 Å².